The number of rotatable bonds is 3. The zero-order valence-electron chi connectivity index (χ0n) is 16.8. The van der Waals surface area contributed by atoms with Crippen LogP contribution in [0.15, 0.2) is 52.6 Å². The standard InChI is InChI=1S/C22H22Cl2N6S/c23-19-15(9-16(25)29-21(19)24)31-18-12-27-17(11-28-18)30-7-5-22(6-8-30)10-13-3-1-2-4-14(13)20(22)26/h1-4,9,11-12,20H,5-8,10,26H2,(H2,25,29). The second-order valence-corrected chi connectivity index (χ2v) is 9.97. The Morgan fingerprint density at radius 1 is 1.10 bits per heavy atom. The van der Waals surface area contributed by atoms with Crippen LogP contribution in [0.1, 0.15) is 30.0 Å². The minimum Gasteiger partial charge on any atom is -0.384 e. The van der Waals surface area contributed by atoms with Crippen molar-refractivity contribution in [3.63, 3.8) is 0 Å². The highest BCUT2D eigenvalue weighted by molar-refractivity contribution is 7.99. The van der Waals surface area contributed by atoms with Crippen molar-refractivity contribution in [1.29, 1.82) is 0 Å². The number of nitrogens with two attached hydrogens (primary N) is 2. The Bertz CT molecular complexity index is 1120. The minimum atomic E-state index is 0.111. The van der Waals surface area contributed by atoms with Gasteiger partial charge >= 0.3 is 0 Å². The molecule has 31 heavy (non-hydrogen) atoms. The first kappa shape index (κ1) is 20.8. The highest BCUT2D eigenvalue weighted by atomic mass is 35.5. The van der Waals surface area contributed by atoms with E-state index in [2.05, 4.69) is 44.1 Å². The van der Waals surface area contributed by atoms with E-state index in [0.717, 1.165) is 38.2 Å². The molecule has 1 spiro atoms. The van der Waals surface area contributed by atoms with E-state index >= 15 is 0 Å². The number of nitrogens with zero attached hydrogens (tertiary/aromatic N) is 4. The molecule has 1 saturated heterocycles. The number of pyridine rings is 1. The molecule has 0 bridgehead atoms. The first-order chi connectivity index (χ1) is 14.9. The van der Waals surface area contributed by atoms with Crippen LogP contribution in [0.25, 0.3) is 0 Å². The summed E-state index contributed by atoms with van der Waals surface area (Å²) in [6, 6.07) is 10.4. The molecule has 160 valence electrons. The van der Waals surface area contributed by atoms with Crippen LogP contribution in [0.4, 0.5) is 11.6 Å². The van der Waals surface area contributed by atoms with E-state index in [1.165, 1.54) is 22.9 Å². The third-order valence-corrected chi connectivity index (χ3v) is 8.24. The summed E-state index contributed by atoms with van der Waals surface area (Å²) in [5.74, 6) is 1.19. The number of piperidine rings is 1. The summed E-state index contributed by atoms with van der Waals surface area (Å²) in [5, 5.41) is 1.26. The maximum Gasteiger partial charge on any atom is 0.151 e. The van der Waals surface area contributed by atoms with Gasteiger partial charge in [0.05, 0.1) is 17.4 Å². The fourth-order valence-corrected chi connectivity index (χ4v) is 5.96. The van der Waals surface area contributed by atoms with Crippen molar-refractivity contribution >= 4 is 46.6 Å². The zero-order chi connectivity index (χ0) is 21.6. The second kappa shape index (κ2) is 8.13. The van der Waals surface area contributed by atoms with Gasteiger partial charge in [0.25, 0.3) is 0 Å². The van der Waals surface area contributed by atoms with E-state index in [-0.39, 0.29) is 16.6 Å². The van der Waals surface area contributed by atoms with Crippen molar-refractivity contribution in [1.82, 2.24) is 15.0 Å². The van der Waals surface area contributed by atoms with Crippen molar-refractivity contribution in [2.45, 2.75) is 35.2 Å². The smallest absolute Gasteiger partial charge is 0.151 e. The van der Waals surface area contributed by atoms with Gasteiger partial charge in [-0.05, 0) is 41.9 Å². The van der Waals surface area contributed by atoms with Crippen LogP contribution in [-0.4, -0.2) is 28.0 Å². The molecule has 0 amide bonds. The molecule has 2 aromatic heterocycles. The molecule has 3 heterocycles. The number of hydrogen-bond acceptors (Lipinski definition) is 7. The molecule has 1 fully saturated rings. The average molecular weight is 473 g/mol. The van der Waals surface area contributed by atoms with Crippen molar-refractivity contribution in [2.75, 3.05) is 23.7 Å². The van der Waals surface area contributed by atoms with E-state index in [0.29, 0.717) is 20.8 Å². The summed E-state index contributed by atoms with van der Waals surface area (Å²) in [5.41, 5.74) is 15.3. The molecule has 5 rings (SSSR count). The molecule has 0 saturated carbocycles. The van der Waals surface area contributed by atoms with Crippen LogP contribution in [0.2, 0.25) is 10.2 Å². The Morgan fingerprint density at radius 2 is 1.87 bits per heavy atom. The van der Waals surface area contributed by atoms with Gasteiger partial charge in [-0.25, -0.2) is 15.0 Å². The molecule has 1 atom stereocenters. The Hall–Kier alpha value is -2.06. The van der Waals surface area contributed by atoms with Crippen LogP contribution < -0.4 is 16.4 Å². The molecule has 1 aliphatic heterocycles. The number of anilines is 2. The maximum atomic E-state index is 6.68. The van der Waals surface area contributed by atoms with E-state index in [1.54, 1.807) is 12.3 Å². The zero-order valence-corrected chi connectivity index (χ0v) is 19.1. The van der Waals surface area contributed by atoms with E-state index in [4.69, 9.17) is 34.7 Å². The number of aromatic nitrogens is 3. The second-order valence-electron chi connectivity index (χ2n) is 8.17. The lowest BCUT2D eigenvalue weighted by Gasteiger charge is -2.42. The number of halogens is 2. The third-order valence-electron chi connectivity index (χ3n) is 6.41. The first-order valence-corrected chi connectivity index (χ1v) is 11.7. The van der Waals surface area contributed by atoms with Crippen LogP contribution in [-0.2, 0) is 6.42 Å². The van der Waals surface area contributed by atoms with Gasteiger partial charge in [0.15, 0.2) is 5.15 Å². The molecular formula is C22H22Cl2N6S. The van der Waals surface area contributed by atoms with Gasteiger partial charge in [-0.2, -0.15) is 0 Å². The molecule has 4 N–H and O–H groups in total. The highest BCUT2D eigenvalue weighted by Crippen LogP contribution is 2.50. The third kappa shape index (κ3) is 3.84. The largest absolute Gasteiger partial charge is 0.384 e. The fraction of sp³-hybridized carbons (Fsp3) is 0.318. The predicted molar refractivity (Wildman–Crippen MR) is 126 cm³/mol. The Kier molecular flexibility index (Phi) is 5.46. The Morgan fingerprint density at radius 3 is 2.58 bits per heavy atom. The Balaban J connectivity index is 1.26. The molecule has 1 unspecified atom stereocenters. The number of nitrogen functional groups attached to an aromatic ring is 1. The van der Waals surface area contributed by atoms with E-state index in [9.17, 15) is 0 Å². The molecule has 3 aromatic rings. The summed E-state index contributed by atoms with van der Waals surface area (Å²) in [6.45, 7) is 1.84. The van der Waals surface area contributed by atoms with Crippen molar-refractivity contribution in [3.05, 3.63) is 64.0 Å². The van der Waals surface area contributed by atoms with Crippen molar-refractivity contribution in [3.8, 4) is 0 Å². The van der Waals surface area contributed by atoms with Gasteiger partial charge in [0, 0.05) is 24.0 Å². The van der Waals surface area contributed by atoms with Crippen LogP contribution >= 0.6 is 35.0 Å². The molecule has 1 aromatic carbocycles. The monoisotopic (exact) mass is 472 g/mol. The number of hydrogen-bond donors (Lipinski definition) is 2. The predicted octanol–water partition coefficient (Wildman–Crippen LogP) is 4.75. The van der Waals surface area contributed by atoms with Gasteiger partial charge < -0.3 is 16.4 Å². The van der Waals surface area contributed by atoms with Crippen molar-refractivity contribution < 1.29 is 0 Å². The summed E-state index contributed by atoms with van der Waals surface area (Å²) in [7, 11) is 0. The molecule has 6 nitrogen and oxygen atoms in total. The fourth-order valence-electron chi connectivity index (χ4n) is 4.69. The van der Waals surface area contributed by atoms with Crippen molar-refractivity contribution in [2.24, 2.45) is 11.1 Å². The number of fused-ring (bicyclic) bond motifs is 1. The van der Waals surface area contributed by atoms with Crippen LogP contribution in [0, 0.1) is 5.41 Å². The van der Waals surface area contributed by atoms with E-state index in [1.807, 2.05) is 6.20 Å². The highest BCUT2D eigenvalue weighted by Gasteiger charge is 2.45. The van der Waals surface area contributed by atoms with Crippen LogP contribution in [0.3, 0.4) is 0 Å². The summed E-state index contributed by atoms with van der Waals surface area (Å²) >= 11 is 13.6. The molecule has 2 aliphatic rings. The topological polar surface area (TPSA) is 94.0 Å². The summed E-state index contributed by atoms with van der Waals surface area (Å²) in [6.07, 6.45) is 6.72. The van der Waals surface area contributed by atoms with Gasteiger partial charge in [-0.1, -0.05) is 59.2 Å². The lowest BCUT2D eigenvalue weighted by molar-refractivity contribution is 0.187. The van der Waals surface area contributed by atoms with Crippen LogP contribution in [0.5, 0.6) is 0 Å². The van der Waals surface area contributed by atoms with Gasteiger partial charge in [-0.15, -0.1) is 0 Å². The van der Waals surface area contributed by atoms with Gasteiger partial charge in [0.2, 0.25) is 0 Å². The quantitative estimate of drug-likeness (QED) is 0.530. The molecule has 1 aliphatic carbocycles. The van der Waals surface area contributed by atoms with E-state index < -0.39 is 0 Å². The van der Waals surface area contributed by atoms with Gasteiger partial charge in [0.1, 0.15) is 16.7 Å². The molecule has 0 radical (unpaired) electrons. The lowest BCUT2D eigenvalue weighted by atomic mass is 9.73. The minimum absolute atomic E-state index is 0.111. The molecule has 9 heteroatoms. The van der Waals surface area contributed by atoms with Gasteiger partial charge in [-0.3, -0.25) is 0 Å². The maximum absolute atomic E-state index is 6.68. The normalized spacial score (nSPS) is 19.6. The number of benzene rings is 1. The SMILES string of the molecule is Nc1cc(Sc2cnc(N3CCC4(CC3)Cc3ccccc3C4N)cn2)c(Cl)c(Cl)n1. The molecular weight excluding hydrogens is 451 g/mol. The lowest BCUT2D eigenvalue weighted by Crippen LogP contribution is -2.44. The summed E-state index contributed by atoms with van der Waals surface area (Å²) < 4.78 is 0. The Labute approximate surface area is 195 Å². The average Bonchev–Trinajstić information content (AvgIpc) is 3.04. The summed E-state index contributed by atoms with van der Waals surface area (Å²) in [4.78, 5) is 16.1. The first-order valence-electron chi connectivity index (χ1n) is 10.1.